The minimum absolute atomic E-state index is 0.0475. The number of halogens is 3. The third-order valence-electron chi connectivity index (χ3n) is 3.97. The standard InChI is InChI=1S/C17H14ClF2N3O2/c1-16(19,20)17(25)9-14(11-4-6-13(18)7-5-11)22-23(17)15(24)12-3-2-8-21-10-12/h2-8,10,25H,9H2,1H3/t17-/m0/s1. The van der Waals surface area contributed by atoms with Crippen molar-refractivity contribution < 1.29 is 18.7 Å². The number of alkyl halides is 2. The Hall–Kier alpha value is -2.38. The van der Waals surface area contributed by atoms with E-state index >= 15 is 0 Å². The van der Waals surface area contributed by atoms with Crippen molar-refractivity contribution in [2.24, 2.45) is 5.10 Å². The zero-order valence-electron chi connectivity index (χ0n) is 13.2. The number of aliphatic hydroxyl groups is 1. The van der Waals surface area contributed by atoms with Gasteiger partial charge in [0, 0.05) is 30.8 Å². The second-order valence-electron chi connectivity index (χ2n) is 5.79. The Morgan fingerprint density at radius 3 is 2.56 bits per heavy atom. The fourth-order valence-corrected chi connectivity index (χ4v) is 2.64. The number of nitrogens with zero attached hydrogens (tertiary/aromatic N) is 3. The van der Waals surface area contributed by atoms with Gasteiger partial charge in [-0.3, -0.25) is 9.78 Å². The SMILES string of the molecule is CC(F)(F)[C@@]1(O)CC(c2ccc(Cl)cc2)=NN1C(=O)c1cccnc1. The van der Waals surface area contributed by atoms with Crippen molar-refractivity contribution in [3.05, 3.63) is 64.9 Å². The highest BCUT2D eigenvalue weighted by atomic mass is 35.5. The molecule has 8 heteroatoms. The van der Waals surface area contributed by atoms with E-state index in [4.69, 9.17) is 11.6 Å². The second-order valence-corrected chi connectivity index (χ2v) is 6.23. The average Bonchev–Trinajstić information content (AvgIpc) is 2.94. The van der Waals surface area contributed by atoms with Gasteiger partial charge in [-0.15, -0.1) is 0 Å². The molecular weight excluding hydrogens is 352 g/mol. The molecule has 1 N–H and O–H groups in total. The molecule has 0 unspecified atom stereocenters. The lowest BCUT2D eigenvalue weighted by Crippen LogP contribution is -2.57. The molecule has 1 aliphatic rings. The first-order valence-electron chi connectivity index (χ1n) is 7.40. The molecule has 0 spiro atoms. The molecule has 0 saturated carbocycles. The molecule has 0 bridgehead atoms. The van der Waals surface area contributed by atoms with Crippen LogP contribution in [0.1, 0.15) is 29.3 Å². The highest BCUT2D eigenvalue weighted by Crippen LogP contribution is 2.40. The molecule has 0 radical (unpaired) electrons. The van der Waals surface area contributed by atoms with Crippen LogP contribution in [0.3, 0.4) is 0 Å². The predicted octanol–water partition coefficient (Wildman–Crippen LogP) is 3.33. The molecule has 1 aromatic heterocycles. The maximum absolute atomic E-state index is 14.1. The molecule has 25 heavy (non-hydrogen) atoms. The summed E-state index contributed by atoms with van der Waals surface area (Å²) in [5, 5.41) is 15.5. The molecule has 1 amide bonds. The summed E-state index contributed by atoms with van der Waals surface area (Å²) in [6, 6.07) is 9.25. The molecule has 1 aliphatic heterocycles. The van der Waals surface area contributed by atoms with Gasteiger partial charge in [0.25, 0.3) is 11.8 Å². The third-order valence-corrected chi connectivity index (χ3v) is 4.22. The molecule has 3 rings (SSSR count). The zero-order chi connectivity index (χ0) is 18.2. The van der Waals surface area contributed by atoms with Crippen LogP contribution >= 0.6 is 11.6 Å². The maximum atomic E-state index is 14.1. The lowest BCUT2D eigenvalue weighted by Gasteiger charge is -2.35. The highest BCUT2D eigenvalue weighted by Gasteiger charge is 2.59. The van der Waals surface area contributed by atoms with Gasteiger partial charge in [0.1, 0.15) is 0 Å². The van der Waals surface area contributed by atoms with Crippen LogP contribution < -0.4 is 0 Å². The lowest BCUT2D eigenvalue weighted by atomic mass is 9.96. The van der Waals surface area contributed by atoms with Gasteiger partial charge in [-0.25, -0.2) is 8.78 Å². The number of hydrazone groups is 1. The van der Waals surface area contributed by atoms with Crippen LogP contribution in [0.5, 0.6) is 0 Å². The van der Waals surface area contributed by atoms with Gasteiger partial charge in [0.05, 0.1) is 11.3 Å². The number of aromatic nitrogens is 1. The van der Waals surface area contributed by atoms with Gasteiger partial charge >= 0.3 is 0 Å². The van der Waals surface area contributed by atoms with Crippen LogP contribution in [-0.2, 0) is 0 Å². The Kier molecular flexibility index (Phi) is 4.30. The van der Waals surface area contributed by atoms with E-state index < -0.39 is 24.0 Å². The van der Waals surface area contributed by atoms with Crippen molar-refractivity contribution in [2.75, 3.05) is 0 Å². The van der Waals surface area contributed by atoms with Crippen molar-refractivity contribution in [1.82, 2.24) is 9.99 Å². The Bertz CT molecular complexity index is 822. The van der Waals surface area contributed by atoms with Gasteiger partial charge in [-0.05, 0) is 29.8 Å². The Balaban J connectivity index is 2.04. The van der Waals surface area contributed by atoms with E-state index in [9.17, 15) is 18.7 Å². The summed E-state index contributed by atoms with van der Waals surface area (Å²) in [5.41, 5.74) is -2.06. The second kappa shape index (κ2) is 6.16. The molecule has 0 aliphatic carbocycles. The van der Waals surface area contributed by atoms with Gasteiger partial charge < -0.3 is 5.11 Å². The van der Waals surface area contributed by atoms with Crippen LogP contribution in [0.15, 0.2) is 53.9 Å². The van der Waals surface area contributed by atoms with Crippen LogP contribution in [0.4, 0.5) is 8.78 Å². The number of benzene rings is 1. The van der Waals surface area contributed by atoms with E-state index in [1.807, 2.05) is 0 Å². The van der Waals surface area contributed by atoms with Gasteiger partial charge in [-0.1, -0.05) is 23.7 Å². The average molecular weight is 366 g/mol. The number of hydrogen-bond acceptors (Lipinski definition) is 4. The Morgan fingerprint density at radius 2 is 2.00 bits per heavy atom. The quantitative estimate of drug-likeness (QED) is 0.907. The molecule has 2 heterocycles. The topological polar surface area (TPSA) is 65.8 Å². The fraction of sp³-hybridized carbons (Fsp3) is 0.235. The molecule has 1 atom stereocenters. The van der Waals surface area contributed by atoms with Crippen molar-refractivity contribution in [3.8, 4) is 0 Å². The molecule has 1 aromatic carbocycles. The number of amides is 1. The summed E-state index contributed by atoms with van der Waals surface area (Å²) >= 11 is 5.83. The van der Waals surface area contributed by atoms with Crippen LogP contribution in [0.2, 0.25) is 5.02 Å². The smallest absolute Gasteiger partial charge is 0.294 e. The first kappa shape index (κ1) is 17.4. The maximum Gasteiger partial charge on any atom is 0.294 e. The Labute approximate surface area is 147 Å². The monoisotopic (exact) mass is 365 g/mol. The predicted molar refractivity (Wildman–Crippen MR) is 88.6 cm³/mol. The molecule has 0 fully saturated rings. The van der Waals surface area contributed by atoms with E-state index in [1.165, 1.54) is 24.5 Å². The summed E-state index contributed by atoms with van der Waals surface area (Å²) in [5.74, 6) is -4.45. The van der Waals surface area contributed by atoms with Crippen LogP contribution in [0.25, 0.3) is 0 Å². The number of carbonyl (C=O) groups is 1. The molecule has 0 saturated heterocycles. The summed E-state index contributed by atoms with van der Waals surface area (Å²) < 4.78 is 28.3. The number of hydrogen-bond donors (Lipinski definition) is 1. The van der Waals surface area contributed by atoms with Crippen LogP contribution in [-0.4, -0.2) is 38.4 Å². The van der Waals surface area contributed by atoms with Gasteiger partial charge in [-0.2, -0.15) is 10.1 Å². The summed E-state index contributed by atoms with van der Waals surface area (Å²) in [7, 11) is 0. The van der Waals surface area contributed by atoms with Crippen molar-refractivity contribution in [3.63, 3.8) is 0 Å². The number of carbonyl (C=O) groups excluding carboxylic acids is 1. The fourth-order valence-electron chi connectivity index (χ4n) is 2.52. The summed E-state index contributed by atoms with van der Waals surface area (Å²) in [4.78, 5) is 16.4. The summed E-state index contributed by atoms with van der Waals surface area (Å²) in [6.07, 6.45) is 2.17. The largest absolute Gasteiger partial charge is 0.364 e. The summed E-state index contributed by atoms with van der Waals surface area (Å²) in [6.45, 7) is 0.552. The molecular formula is C17H14ClF2N3O2. The number of pyridine rings is 1. The number of rotatable bonds is 3. The van der Waals surface area contributed by atoms with E-state index in [0.29, 0.717) is 22.5 Å². The van der Waals surface area contributed by atoms with E-state index in [-0.39, 0.29) is 11.3 Å². The Morgan fingerprint density at radius 1 is 1.32 bits per heavy atom. The van der Waals surface area contributed by atoms with E-state index in [0.717, 1.165) is 0 Å². The first-order chi connectivity index (χ1) is 11.7. The van der Waals surface area contributed by atoms with Crippen LogP contribution in [0, 0.1) is 0 Å². The van der Waals surface area contributed by atoms with Crippen molar-refractivity contribution in [1.29, 1.82) is 0 Å². The zero-order valence-corrected chi connectivity index (χ0v) is 13.9. The lowest BCUT2D eigenvalue weighted by molar-refractivity contribution is -0.222. The van der Waals surface area contributed by atoms with Gasteiger partial charge in [0.15, 0.2) is 0 Å². The van der Waals surface area contributed by atoms with Crippen molar-refractivity contribution >= 4 is 23.2 Å². The molecule has 130 valence electrons. The minimum Gasteiger partial charge on any atom is -0.364 e. The third kappa shape index (κ3) is 3.12. The van der Waals surface area contributed by atoms with E-state index in [1.54, 1.807) is 24.3 Å². The molecule has 5 nitrogen and oxygen atoms in total. The van der Waals surface area contributed by atoms with Gasteiger partial charge in [0.2, 0.25) is 5.72 Å². The minimum atomic E-state index is -3.59. The van der Waals surface area contributed by atoms with E-state index in [2.05, 4.69) is 10.1 Å². The first-order valence-corrected chi connectivity index (χ1v) is 7.78. The highest BCUT2D eigenvalue weighted by molar-refractivity contribution is 6.30. The van der Waals surface area contributed by atoms with Crippen molar-refractivity contribution in [2.45, 2.75) is 25.0 Å². The molecule has 2 aromatic rings. The normalized spacial score (nSPS) is 20.5.